The zero-order chi connectivity index (χ0) is 13.2. The van der Waals surface area contributed by atoms with E-state index in [2.05, 4.69) is 37.2 Å². The van der Waals surface area contributed by atoms with Gasteiger partial charge < -0.3 is 10.4 Å². The van der Waals surface area contributed by atoms with Crippen molar-refractivity contribution in [2.75, 3.05) is 6.61 Å². The van der Waals surface area contributed by atoms with Gasteiger partial charge in [-0.3, -0.25) is 4.79 Å². The van der Waals surface area contributed by atoms with Crippen molar-refractivity contribution < 1.29 is 9.90 Å². The van der Waals surface area contributed by atoms with E-state index in [1.807, 2.05) is 0 Å². The third-order valence-electron chi connectivity index (χ3n) is 3.36. The Morgan fingerprint density at radius 1 is 1.39 bits per heavy atom. The number of carbonyl (C=O) groups excluding carboxylic acids is 1. The average molecular weight is 397 g/mol. The van der Waals surface area contributed by atoms with Crippen LogP contribution in [0.3, 0.4) is 0 Å². The Labute approximate surface area is 127 Å². The van der Waals surface area contributed by atoms with E-state index < -0.39 is 5.54 Å². The molecular formula is C12H15Br2NO2S. The molecule has 0 bridgehead atoms. The Kier molecular flexibility index (Phi) is 4.86. The van der Waals surface area contributed by atoms with E-state index in [0.29, 0.717) is 4.88 Å². The first-order valence-electron chi connectivity index (χ1n) is 5.94. The van der Waals surface area contributed by atoms with Crippen LogP contribution in [-0.4, -0.2) is 23.2 Å². The first kappa shape index (κ1) is 14.5. The van der Waals surface area contributed by atoms with Gasteiger partial charge in [0, 0.05) is 4.47 Å². The molecule has 1 heterocycles. The molecule has 3 nitrogen and oxygen atoms in total. The number of aliphatic hydroxyl groups excluding tert-OH is 1. The monoisotopic (exact) mass is 395 g/mol. The van der Waals surface area contributed by atoms with Gasteiger partial charge in [0.1, 0.15) is 0 Å². The molecule has 0 atom stereocenters. The molecule has 0 unspecified atom stereocenters. The Balaban J connectivity index is 2.09. The molecule has 6 heteroatoms. The van der Waals surface area contributed by atoms with Crippen molar-refractivity contribution in [3.63, 3.8) is 0 Å². The second-order valence-electron chi connectivity index (χ2n) is 4.69. The largest absolute Gasteiger partial charge is 0.394 e. The van der Waals surface area contributed by atoms with E-state index in [4.69, 9.17) is 0 Å². The highest BCUT2D eigenvalue weighted by Crippen LogP contribution is 2.33. The third-order valence-corrected chi connectivity index (χ3v) is 6.62. The van der Waals surface area contributed by atoms with Crippen molar-refractivity contribution in [2.24, 2.45) is 0 Å². The smallest absolute Gasteiger partial charge is 0.261 e. The van der Waals surface area contributed by atoms with Gasteiger partial charge in [-0.15, -0.1) is 11.3 Å². The Bertz CT molecular complexity index is 422. The molecule has 1 aromatic heterocycles. The maximum Gasteiger partial charge on any atom is 0.261 e. The number of nitrogens with one attached hydrogen (secondary N) is 1. The van der Waals surface area contributed by atoms with E-state index in [0.717, 1.165) is 33.9 Å². The fourth-order valence-electron chi connectivity index (χ4n) is 2.31. The van der Waals surface area contributed by atoms with Gasteiger partial charge in [-0.1, -0.05) is 19.3 Å². The molecule has 1 aromatic rings. The van der Waals surface area contributed by atoms with Crippen LogP contribution in [0.4, 0.5) is 0 Å². The van der Waals surface area contributed by atoms with Crippen molar-refractivity contribution >= 4 is 49.1 Å². The zero-order valence-electron chi connectivity index (χ0n) is 9.84. The van der Waals surface area contributed by atoms with Gasteiger partial charge in [-0.25, -0.2) is 0 Å². The maximum absolute atomic E-state index is 12.2. The summed E-state index contributed by atoms with van der Waals surface area (Å²) in [7, 11) is 0. The van der Waals surface area contributed by atoms with Crippen LogP contribution in [-0.2, 0) is 0 Å². The van der Waals surface area contributed by atoms with E-state index in [1.54, 1.807) is 6.07 Å². The number of thiophene rings is 1. The molecule has 0 saturated heterocycles. The van der Waals surface area contributed by atoms with Gasteiger partial charge in [-0.2, -0.15) is 0 Å². The molecule has 100 valence electrons. The van der Waals surface area contributed by atoms with Crippen molar-refractivity contribution in [3.8, 4) is 0 Å². The highest BCUT2D eigenvalue weighted by molar-refractivity contribution is 9.13. The molecular weight excluding hydrogens is 382 g/mol. The van der Waals surface area contributed by atoms with E-state index in [-0.39, 0.29) is 12.5 Å². The van der Waals surface area contributed by atoms with Crippen molar-refractivity contribution in [2.45, 2.75) is 37.6 Å². The normalized spacial score (nSPS) is 18.6. The fourth-order valence-corrected chi connectivity index (χ4v) is 4.24. The number of amides is 1. The van der Waals surface area contributed by atoms with E-state index >= 15 is 0 Å². The summed E-state index contributed by atoms with van der Waals surface area (Å²) >= 11 is 8.15. The van der Waals surface area contributed by atoms with Crippen LogP contribution in [0.2, 0.25) is 0 Å². The minimum Gasteiger partial charge on any atom is -0.394 e. The van der Waals surface area contributed by atoms with Gasteiger partial charge in [0.05, 0.1) is 20.8 Å². The second-order valence-corrected chi connectivity index (χ2v) is 7.91. The lowest BCUT2D eigenvalue weighted by Gasteiger charge is -2.36. The fraction of sp³-hybridized carbons (Fsp3) is 0.583. The summed E-state index contributed by atoms with van der Waals surface area (Å²) < 4.78 is 1.80. The number of carbonyl (C=O) groups is 1. The first-order chi connectivity index (χ1) is 8.56. The number of halogens is 2. The minimum absolute atomic E-state index is 0.0203. The van der Waals surface area contributed by atoms with Gasteiger partial charge >= 0.3 is 0 Å². The highest BCUT2D eigenvalue weighted by Gasteiger charge is 2.33. The summed E-state index contributed by atoms with van der Waals surface area (Å²) in [6.45, 7) is 0.0203. The number of aliphatic hydroxyl groups is 1. The molecule has 1 amide bonds. The molecule has 1 saturated carbocycles. The molecule has 0 spiro atoms. The predicted octanol–water partition coefficient (Wildman–Crippen LogP) is 3.70. The van der Waals surface area contributed by atoms with Crippen molar-refractivity contribution in [1.82, 2.24) is 5.32 Å². The molecule has 18 heavy (non-hydrogen) atoms. The van der Waals surface area contributed by atoms with Crippen LogP contribution in [0, 0.1) is 0 Å². The van der Waals surface area contributed by atoms with Gasteiger partial charge in [0.15, 0.2) is 0 Å². The average Bonchev–Trinajstić information content (AvgIpc) is 2.71. The molecule has 0 aromatic carbocycles. The maximum atomic E-state index is 12.2. The molecule has 2 N–H and O–H groups in total. The highest BCUT2D eigenvalue weighted by atomic mass is 79.9. The van der Waals surface area contributed by atoms with Gasteiger partial charge in [0.2, 0.25) is 0 Å². The minimum atomic E-state index is -0.418. The summed E-state index contributed by atoms with van der Waals surface area (Å²) in [6.07, 6.45) is 5.05. The Hall–Kier alpha value is 0.0900. The topological polar surface area (TPSA) is 49.3 Å². The molecule has 2 rings (SSSR count). The number of hydrogen-bond acceptors (Lipinski definition) is 3. The Morgan fingerprint density at radius 2 is 2.06 bits per heavy atom. The van der Waals surface area contributed by atoms with Crippen molar-refractivity contribution in [1.29, 1.82) is 0 Å². The number of hydrogen-bond donors (Lipinski definition) is 2. The summed E-state index contributed by atoms with van der Waals surface area (Å²) in [6, 6.07) is 1.80. The standard InChI is InChI=1S/C12H15Br2NO2S/c13-8-6-9(18-10(8)14)11(17)15-12(7-16)4-2-1-3-5-12/h6,16H,1-5,7H2,(H,15,17). The van der Waals surface area contributed by atoms with Crippen molar-refractivity contribution in [3.05, 3.63) is 19.2 Å². The molecule has 0 aliphatic heterocycles. The lowest BCUT2D eigenvalue weighted by atomic mass is 9.82. The summed E-state index contributed by atoms with van der Waals surface area (Å²) in [5, 5.41) is 12.6. The van der Waals surface area contributed by atoms with Gasteiger partial charge in [0.25, 0.3) is 5.91 Å². The van der Waals surface area contributed by atoms with Crippen LogP contribution in [0.15, 0.2) is 14.3 Å². The summed E-state index contributed by atoms with van der Waals surface area (Å²) in [5.74, 6) is -0.0950. The number of rotatable bonds is 3. The predicted molar refractivity (Wildman–Crippen MR) is 80.1 cm³/mol. The Morgan fingerprint density at radius 3 is 2.56 bits per heavy atom. The van der Waals surface area contributed by atoms with E-state index in [1.165, 1.54) is 17.8 Å². The zero-order valence-corrected chi connectivity index (χ0v) is 13.8. The van der Waals surface area contributed by atoms with Crippen LogP contribution < -0.4 is 5.32 Å². The van der Waals surface area contributed by atoms with Crippen LogP contribution in [0.5, 0.6) is 0 Å². The van der Waals surface area contributed by atoms with Crippen LogP contribution in [0.1, 0.15) is 41.8 Å². The van der Waals surface area contributed by atoms with Crippen LogP contribution >= 0.6 is 43.2 Å². The SMILES string of the molecule is O=C(NC1(CO)CCCCC1)c1cc(Br)c(Br)s1. The second kappa shape index (κ2) is 6.03. The van der Waals surface area contributed by atoms with Gasteiger partial charge in [-0.05, 0) is 50.8 Å². The quantitative estimate of drug-likeness (QED) is 0.818. The van der Waals surface area contributed by atoms with E-state index in [9.17, 15) is 9.90 Å². The van der Waals surface area contributed by atoms with Crippen LogP contribution in [0.25, 0.3) is 0 Å². The lowest BCUT2D eigenvalue weighted by molar-refractivity contribution is 0.0762. The first-order valence-corrected chi connectivity index (χ1v) is 8.35. The molecule has 1 aliphatic carbocycles. The lowest BCUT2D eigenvalue weighted by Crippen LogP contribution is -2.52. The molecule has 0 radical (unpaired) electrons. The third kappa shape index (κ3) is 3.15. The molecule has 1 fully saturated rings. The molecule has 1 aliphatic rings. The summed E-state index contributed by atoms with van der Waals surface area (Å²) in [5.41, 5.74) is -0.418. The summed E-state index contributed by atoms with van der Waals surface area (Å²) in [4.78, 5) is 12.8.